The minimum absolute atomic E-state index is 0.000223. The molecule has 0 saturated carbocycles. The van der Waals surface area contributed by atoms with Crippen molar-refractivity contribution in [2.75, 3.05) is 7.11 Å². The van der Waals surface area contributed by atoms with Crippen molar-refractivity contribution in [2.45, 2.75) is 70.7 Å². The molecule has 5 heteroatoms. The van der Waals surface area contributed by atoms with Gasteiger partial charge in [-0.1, -0.05) is 0 Å². The molecule has 134 valence electrons. The summed E-state index contributed by atoms with van der Waals surface area (Å²) in [7, 11) is 1.62. The second kappa shape index (κ2) is 7.01. The molecule has 2 rings (SSSR count). The number of hydrogen-bond donors (Lipinski definition) is 2. The molecule has 0 aliphatic carbocycles. The lowest BCUT2D eigenvalue weighted by molar-refractivity contribution is -0.128. The van der Waals surface area contributed by atoms with Crippen LogP contribution in [0.3, 0.4) is 0 Å². The summed E-state index contributed by atoms with van der Waals surface area (Å²) < 4.78 is 10.9. The SMILES string of the molecule is COc1ccc(O[C@H](C)C(=O)NC2CC(C)(C)NC(C)(C)C2)cc1. The Hall–Kier alpha value is -1.75. The normalized spacial score (nSPS) is 20.9. The molecule has 0 radical (unpaired) electrons. The third-order valence-electron chi connectivity index (χ3n) is 4.28. The Balaban J connectivity index is 1.93. The maximum absolute atomic E-state index is 12.5. The minimum Gasteiger partial charge on any atom is -0.497 e. The molecule has 1 aliphatic heterocycles. The highest BCUT2D eigenvalue weighted by molar-refractivity contribution is 5.81. The largest absolute Gasteiger partial charge is 0.497 e. The zero-order valence-electron chi connectivity index (χ0n) is 15.6. The van der Waals surface area contributed by atoms with E-state index in [-0.39, 0.29) is 23.0 Å². The van der Waals surface area contributed by atoms with Crippen molar-refractivity contribution in [1.82, 2.24) is 10.6 Å². The number of piperidine rings is 1. The number of nitrogens with one attached hydrogen (secondary N) is 2. The first-order chi connectivity index (χ1) is 11.1. The Labute approximate surface area is 145 Å². The lowest BCUT2D eigenvalue weighted by atomic mass is 9.79. The molecule has 1 fully saturated rings. The van der Waals surface area contributed by atoms with E-state index >= 15 is 0 Å². The minimum atomic E-state index is -0.542. The van der Waals surface area contributed by atoms with E-state index in [1.165, 1.54) is 0 Å². The Morgan fingerprint density at radius 3 is 2.12 bits per heavy atom. The highest BCUT2D eigenvalue weighted by atomic mass is 16.5. The van der Waals surface area contributed by atoms with Crippen LogP contribution in [0.1, 0.15) is 47.5 Å². The standard InChI is InChI=1S/C19H30N2O3/c1-13(24-16-9-7-15(23-6)8-10-16)17(22)20-14-11-18(2,3)21-19(4,5)12-14/h7-10,13-14,21H,11-12H2,1-6H3,(H,20,22)/t13-/m1/s1. The summed E-state index contributed by atoms with van der Waals surface area (Å²) in [5.74, 6) is 1.34. The molecule has 1 amide bonds. The van der Waals surface area contributed by atoms with Gasteiger partial charge in [-0.15, -0.1) is 0 Å². The number of rotatable bonds is 5. The monoisotopic (exact) mass is 334 g/mol. The lowest BCUT2D eigenvalue weighted by Crippen LogP contribution is -2.62. The van der Waals surface area contributed by atoms with Crippen molar-refractivity contribution in [1.29, 1.82) is 0 Å². The molecular formula is C19H30N2O3. The van der Waals surface area contributed by atoms with Gasteiger partial charge in [0, 0.05) is 17.1 Å². The summed E-state index contributed by atoms with van der Waals surface area (Å²) in [6, 6.07) is 7.39. The fourth-order valence-electron chi connectivity index (χ4n) is 3.65. The molecule has 1 aliphatic rings. The Bertz CT molecular complexity index is 550. The van der Waals surface area contributed by atoms with Crippen molar-refractivity contribution in [2.24, 2.45) is 0 Å². The van der Waals surface area contributed by atoms with Gasteiger partial charge in [-0.2, -0.15) is 0 Å². The molecular weight excluding hydrogens is 304 g/mol. The predicted molar refractivity (Wildman–Crippen MR) is 95.5 cm³/mol. The van der Waals surface area contributed by atoms with Gasteiger partial charge >= 0.3 is 0 Å². The molecule has 5 nitrogen and oxygen atoms in total. The van der Waals surface area contributed by atoms with Crippen molar-refractivity contribution in [3.8, 4) is 11.5 Å². The summed E-state index contributed by atoms with van der Waals surface area (Å²) in [5.41, 5.74) is -0.000446. The van der Waals surface area contributed by atoms with Crippen LogP contribution < -0.4 is 20.1 Å². The quantitative estimate of drug-likeness (QED) is 0.869. The van der Waals surface area contributed by atoms with Gasteiger partial charge in [0.15, 0.2) is 6.10 Å². The Morgan fingerprint density at radius 1 is 1.12 bits per heavy atom. The number of benzene rings is 1. The van der Waals surface area contributed by atoms with Gasteiger partial charge in [-0.25, -0.2) is 0 Å². The van der Waals surface area contributed by atoms with Crippen molar-refractivity contribution < 1.29 is 14.3 Å². The van der Waals surface area contributed by atoms with Gasteiger partial charge in [0.2, 0.25) is 0 Å². The first kappa shape index (κ1) is 18.6. The summed E-state index contributed by atoms with van der Waals surface area (Å²) in [4.78, 5) is 12.5. The van der Waals surface area contributed by atoms with E-state index in [2.05, 4.69) is 38.3 Å². The maximum Gasteiger partial charge on any atom is 0.260 e. The van der Waals surface area contributed by atoms with Gasteiger partial charge in [0.25, 0.3) is 5.91 Å². The number of carbonyl (C=O) groups excluding carboxylic acids is 1. The zero-order valence-corrected chi connectivity index (χ0v) is 15.6. The fourth-order valence-corrected chi connectivity index (χ4v) is 3.65. The smallest absolute Gasteiger partial charge is 0.260 e. The van der Waals surface area contributed by atoms with E-state index in [9.17, 15) is 4.79 Å². The Kier molecular flexibility index (Phi) is 5.43. The maximum atomic E-state index is 12.5. The van der Waals surface area contributed by atoms with E-state index in [1.807, 2.05) is 12.1 Å². The van der Waals surface area contributed by atoms with Gasteiger partial charge in [0.1, 0.15) is 11.5 Å². The van der Waals surface area contributed by atoms with E-state index in [4.69, 9.17) is 9.47 Å². The predicted octanol–water partition coefficient (Wildman–Crippen LogP) is 2.89. The van der Waals surface area contributed by atoms with Crippen molar-refractivity contribution in [3.63, 3.8) is 0 Å². The Morgan fingerprint density at radius 2 is 1.62 bits per heavy atom. The summed E-state index contributed by atoms with van der Waals surface area (Å²) in [6.45, 7) is 10.5. The van der Waals surface area contributed by atoms with Crippen molar-refractivity contribution >= 4 is 5.91 Å². The molecule has 1 heterocycles. The van der Waals surface area contributed by atoms with Crippen LogP contribution in [-0.2, 0) is 4.79 Å². The summed E-state index contributed by atoms with van der Waals surface area (Å²) in [6.07, 6.45) is 1.26. The first-order valence-electron chi connectivity index (χ1n) is 8.51. The second-order valence-electron chi connectivity index (χ2n) is 7.94. The van der Waals surface area contributed by atoms with Crippen LogP contribution >= 0.6 is 0 Å². The zero-order chi connectivity index (χ0) is 18.0. The topological polar surface area (TPSA) is 59.6 Å². The lowest BCUT2D eigenvalue weighted by Gasteiger charge is -2.46. The molecule has 1 saturated heterocycles. The van der Waals surface area contributed by atoms with E-state index in [1.54, 1.807) is 26.2 Å². The number of amides is 1. The molecule has 2 N–H and O–H groups in total. The average molecular weight is 334 g/mol. The van der Waals surface area contributed by atoms with Crippen LogP contribution in [0, 0.1) is 0 Å². The molecule has 0 aromatic heterocycles. The summed E-state index contributed by atoms with van der Waals surface area (Å²) >= 11 is 0. The van der Waals surface area contributed by atoms with Crippen LogP contribution in [0.15, 0.2) is 24.3 Å². The van der Waals surface area contributed by atoms with Crippen LogP contribution in [0.4, 0.5) is 0 Å². The average Bonchev–Trinajstić information content (AvgIpc) is 2.44. The molecule has 0 spiro atoms. The van der Waals surface area contributed by atoms with Crippen LogP contribution in [-0.4, -0.2) is 36.2 Å². The highest BCUT2D eigenvalue weighted by Gasteiger charge is 2.38. The third kappa shape index (κ3) is 5.13. The molecule has 1 atom stereocenters. The third-order valence-corrected chi connectivity index (χ3v) is 4.28. The van der Waals surface area contributed by atoms with E-state index in [0.717, 1.165) is 18.6 Å². The van der Waals surface area contributed by atoms with Gasteiger partial charge in [0.05, 0.1) is 7.11 Å². The molecule has 24 heavy (non-hydrogen) atoms. The van der Waals surface area contributed by atoms with Crippen molar-refractivity contribution in [3.05, 3.63) is 24.3 Å². The number of ether oxygens (including phenoxy) is 2. The highest BCUT2D eigenvalue weighted by Crippen LogP contribution is 2.28. The molecule has 1 aromatic rings. The van der Waals surface area contributed by atoms with Crippen LogP contribution in [0.5, 0.6) is 11.5 Å². The van der Waals surface area contributed by atoms with E-state index < -0.39 is 6.10 Å². The molecule has 0 bridgehead atoms. The van der Waals surface area contributed by atoms with Gasteiger partial charge in [-0.3, -0.25) is 4.79 Å². The fraction of sp³-hybridized carbons (Fsp3) is 0.632. The first-order valence-corrected chi connectivity index (χ1v) is 8.51. The van der Waals surface area contributed by atoms with E-state index in [0.29, 0.717) is 5.75 Å². The molecule has 0 unspecified atom stereocenters. The van der Waals surface area contributed by atoms with Crippen LogP contribution in [0.2, 0.25) is 0 Å². The van der Waals surface area contributed by atoms with Crippen LogP contribution in [0.25, 0.3) is 0 Å². The van der Waals surface area contributed by atoms with Gasteiger partial charge in [-0.05, 0) is 71.7 Å². The molecule has 1 aromatic carbocycles. The summed E-state index contributed by atoms with van der Waals surface area (Å²) in [5, 5.41) is 6.76. The van der Waals surface area contributed by atoms with Gasteiger partial charge < -0.3 is 20.1 Å². The second-order valence-corrected chi connectivity index (χ2v) is 7.94. The number of methoxy groups -OCH3 is 1. The number of carbonyl (C=O) groups is 1. The number of hydrogen-bond acceptors (Lipinski definition) is 4.